The van der Waals surface area contributed by atoms with Crippen molar-refractivity contribution in [1.29, 1.82) is 0 Å². The van der Waals surface area contributed by atoms with Gasteiger partial charge in [-0.05, 0) is 6.55 Å². The molecule has 0 heterocycles. The van der Waals surface area contributed by atoms with Gasteiger partial charge in [0.1, 0.15) is 5.69 Å². The van der Waals surface area contributed by atoms with Crippen LogP contribution in [0.4, 0.5) is 32.4 Å². The van der Waals surface area contributed by atoms with Gasteiger partial charge in [0.25, 0.3) is 0 Å². The number of rotatable bonds is 5. The van der Waals surface area contributed by atoms with Crippen LogP contribution in [0.15, 0.2) is 0 Å². The average Bonchev–Trinajstić information content (AvgIpc) is 2.52. The summed E-state index contributed by atoms with van der Waals surface area (Å²) in [6.45, 7) is 1.59. The van der Waals surface area contributed by atoms with Crippen LogP contribution in [0.25, 0.3) is 0 Å². The second kappa shape index (κ2) is 7.02. The number of amides is 2. The molecule has 5 nitrogen and oxygen atoms in total. The largest absolute Gasteiger partial charge is 0.397 e. The molecular formula is C11H13F5N2O3Si. The molecule has 22 heavy (non-hydrogen) atoms. The Morgan fingerprint density at radius 2 is 1.36 bits per heavy atom. The summed E-state index contributed by atoms with van der Waals surface area (Å²) in [4.78, 5) is 11.5. The van der Waals surface area contributed by atoms with Gasteiger partial charge >= 0.3 is 14.6 Å². The summed E-state index contributed by atoms with van der Waals surface area (Å²) in [5, 5.41) is 3.74. The molecule has 0 atom stereocenters. The van der Waals surface area contributed by atoms with Gasteiger partial charge in [0.2, 0.25) is 5.82 Å². The van der Waals surface area contributed by atoms with E-state index in [2.05, 4.69) is 5.32 Å². The Morgan fingerprint density at radius 1 is 0.955 bits per heavy atom. The summed E-state index contributed by atoms with van der Waals surface area (Å²) in [7, 11) is -0.00968. The Kier molecular flexibility index (Phi) is 5.85. The molecule has 2 N–H and O–H groups in total. The SMILES string of the molecule is CO[Si](C)(CNC(=O)Nc1c(F)c(F)c(F)c(F)c1F)OC. The lowest BCUT2D eigenvalue weighted by Crippen LogP contribution is -2.49. The molecular weight excluding hydrogens is 331 g/mol. The maximum Gasteiger partial charge on any atom is 0.354 e. The van der Waals surface area contributed by atoms with E-state index in [1.54, 1.807) is 11.9 Å². The van der Waals surface area contributed by atoms with E-state index < -0.39 is 49.4 Å². The van der Waals surface area contributed by atoms with Crippen molar-refractivity contribution in [3.63, 3.8) is 0 Å². The molecule has 1 aromatic carbocycles. The predicted molar refractivity (Wildman–Crippen MR) is 68.9 cm³/mol. The first-order valence-corrected chi connectivity index (χ1v) is 8.35. The minimum Gasteiger partial charge on any atom is -0.397 e. The molecule has 1 aromatic rings. The summed E-state index contributed by atoms with van der Waals surface area (Å²) in [6, 6.07) is -1.17. The lowest BCUT2D eigenvalue weighted by molar-refractivity contribution is 0.238. The second-order valence-corrected chi connectivity index (χ2v) is 7.73. The molecule has 0 radical (unpaired) electrons. The molecule has 2 amide bonds. The third kappa shape index (κ3) is 3.72. The van der Waals surface area contributed by atoms with Gasteiger partial charge in [-0.15, -0.1) is 0 Å². The van der Waals surface area contributed by atoms with Crippen molar-refractivity contribution in [2.75, 3.05) is 25.7 Å². The molecule has 0 unspecified atom stereocenters. The van der Waals surface area contributed by atoms with Gasteiger partial charge in [-0.3, -0.25) is 0 Å². The number of halogens is 5. The Morgan fingerprint density at radius 3 is 1.77 bits per heavy atom. The topological polar surface area (TPSA) is 59.6 Å². The maximum absolute atomic E-state index is 13.4. The number of carbonyl (C=O) groups excluding carboxylic acids is 1. The number of anilines is 1. The van der Waals surface area contributed by atoms with E-state index in [0.29, 0.717) is 0 Å². The second-order valence-electron chi connectivity index (χ2n) is 4.29. The monoisotopic (exact) mass is 344 g/mol. The van der Waals surface area contributed by atoms with Crippen LogP contribution in [0.3, 0.4) is 0 Å². The molecule has 0 fully saturated rings. The van der Waals surface area contributed by atoms with Crippen LogP contribution in [0.1, 0.15) is 0 Å². The van der Waals surface area contributed by atoms with Gasteiger partial charge in [0.15, 0.2) is 23.3 Å². The van der Waals surface area contributed by atoms with Gasteiger partial charge in [-0.1, -0.05) is 0 Å². The summed E-state index contributed by atoms with van der Waals surface area (Å²) >= 11 is 0. The van der Waals surface area contributed by atoms with Crippen LogP contribution >= 0.6 is 0 Å². The van der Waals surface area contributed by atoms with Crippen molar-refractivity contribution in [2.45, 2.75) is 6.55 Å². The van der Waals surface area contributed by atoms with Crippen LogP contribution in [0, 0.1) is 29.1 Å². The Bertz CT molecular complexity index is 554. The van der Waals surface area contributed by atoms with Crippen LogP contribution in [-0.2, 0) is 8.85 Å². The van der Waals surface area contributed by atoms with Crippen LogP contribution in [0.5, 0.6) is 0 Å². The van der Waals surface area contributed by atoms with E-state index >= 15 is 0 Å². The van der Waals surface area contributed by atoms with Crippen LogP contribution < -0.4 is 10.6 Å². The van der Waals surface area contributed by atoms with E-state index in [1.807, 2.05) is 0 Å². The number of hydrogen-bond acceptors (Lipinski definition) is 3. The fourth-order valence-electron chi connectivity index (χ4n) is 1.34. The number of hydrogen-bond donors (Lipinski definition) is 2. The van der Waals surface area contributed by atoms with Crippen LogP contribution in [-0.4, -0.2) is 35.0 Å². The Labute approximate surface area is 123 Å². The smallest absolute Gasteiger partial charge is 0.354 e. The predicted octanol–water partition coefficient (Wildman–Crippen LogP) is 2.41. The number of nitrogens with one attached hydrogen (secondary N) is 2. The standard InChI is InChI=1S/C11H13F5N2O3Si/c1-20-22(3,21-2)4-17-11(19)18-10-8(15)6(13)5(12)7(14)9(10)16/h4H2,1-3H3,(H2,17,18,19). The highest BCUT2D eigenvalue weighted by atomic mass is 28.4. The molecule has 0 aliphatic heterocycles. The minimum absolute atomic E-state index is 0.110. The third-order valence-electron chi connectivity index (χ3n) is 2.88. The molecule has 11 heteroatoms. The summed E-state index contributed by atoms with van der Waals surface area (Å²) in [5.41, 5.74) is -1.44. The first kappa shape index (κ1) is 18.3. The minimum atomic E-state index is -2.70. The fraction of sp³-hybridized carbons (Fsp3) is 0.364. The molecule has 0 saturated heterocycles. The maximum atomic E-state index is 13.4. The summed E-state index contributed by atoms with van der Waals surface area (Å²) in [6.07, 6.45) is -0.110. The first-order valence-electron chi connectivity index (χ1n) is 5.83. The normalized spacial score (nSPS) is 11.5. The molecule has 1 rings (SSSR count). The first-order chi connectivity index (χ1) is 10.2. The van der Waals surface area contributed by atoms with Gasteiger partial charge in [0.05, 0.1) is 6.17 Å². The zero-order valence-corrected chi connectivity index (χ0v) is 12.8. The fourth-order valence-corrected chi connectivity index (χ4v) is 2.28. The summed E-state index contributed by atoms with van der Waals surface area (Å²) < 4.78 is 75.6. The van der Waals surface area contributed by atoms with Crippen molar-refractivity contribution < 1.29 is 35.6 Å². The highest BCUT2D eigenvalue weighted by Crippen LogP contribution is 2.26. The lowest BCUT2D eigenvalue weighted by Gasteiger charge is -2.23. The quantitative estimate of drug-likeness (QED) is 0.373. The molecule has 0 aromatic heterocycles. The van der Waals surface area contributed by atoms with Gasteiger partial charge in [-0.2, -0.15) is 0 Å². The van der Waals surface area contributed by atoms with Crippen molar-refractivity contribution in [3.8, 4) is 0 Å². The highest BCUT2D eigenvalue weighted by Gasteiger charge is 2.30. The zero-order valence-electron chi connectivity index (χ0n) is 11.8. The van der Waals surface area contributed by atoms with E-state index in [4.69, 9.17) is 8.85 Å². The molecule has 0 aliphatic rings. The van der Waals surface area contributed by atoms with Gasteiger partial charge < -0.3 is 19.5 Å². The van der Waals surface area contributed by atoms with Crippen LogP contribution in [0.2, 0.25) is 6.55 Å². The van der Waals surface area contributed by atoms with E-state index in [-0.39, 0.29) is 6.17 Å². The number of benzene rings is 1. The highest BCUT2D eigenvalue weighted by molar-refractivity contribution is 6.66. The van der Waals surface area contributed by atoms with Crippen molar-refractivity contribution >= 4 is 20.3 Å². The van der Waals surface area contributed by atoms with E-state index in [9.17, 15) is 26.7 Å². The zero-order chi connectivity index (χ0) is 17.1. The summed E-state index contributed by atoms with van der Waals surface area (Å²) in [5.74, 6) is -10.9. The van der Waals surface area contributed by atoms with Crippen molar-refractivity contribution in [3.05, 3.63) is 29.1 Å². The van der Waals surface area contributed by atoms with Crippen molar-refractivity contribution in [2.24, 2.45) is 0 Å². The number of carbonyl (C=O) groups is 1. The Balaban J connectivity index is 2.90. The van der Waals surface area contributed by atoms with E-state index in [1.165, 1.54) is 14.2 Å². The van der Waals surface area contributed by atoms with Gasteiger partial charge in [0, 0.05) is 14.2 Å². The lowest BCUT2D eigenvalue weighted by atomic mass is 10.2. The van der Waals surface area contributed by atoms with E-state index in [0.717, 1.165) is 0 Å². The average molecular weight is 344 g/mol. The molecule has 0 aliphatic carbocycles. The van der Waals surface area contributed by atoms with Crippen molar-refractivity contribution in [1.82, 2.24) is 5.32 Å². The number of urea groups is 1. The molecule has 0 spiro atoms. The molecule has 0 bridgehead atoms. The third-order valence-corrected chi connectivity index (χ3v) is 5.43. The Hall–Kier alpha value is -1.72. The molecule has 124 valence electrons. The van der Waals surface area contributed by atoms with Gasteiger partial charge in [-0.25, -0.2) is 26.7 Å². The molecule has 0 saturated carbocycles.